The van der Waals surface area contributed by atoms with Crippen LogP contribution in [0.3, 0.4) is 0 Å². The van der Waals surface area contributed by atoms with Gasteiger partial charge in [0.05, 0.1) is 0 Å². The third kappa shape index (κ3) is 2.95. The van der Waals surface area contributed by atoms with Crippen LogP contribution in [0.5, 0.6) is 0 Å². The zero-order valence-electron chi connectivity index (χ0n) is 9.96. The molecule has 2 rings (SSSR count). The molecule has 0 nitrogen and oxygen atoms in total. The summed E-state index contributed by atoms with van der Waals surface area (Å²) in [6, 6.07) is 10.8. The summed E-state index contributed by atoms with van der Waals surface area (Å²) in [5.41, 5.74) is 3.26. The van der Waals surface area contributed by atoms with Gasteiger partial charge >= 0.3 is 0 Å². The van der Waals surface area contributed by atoms with Gasteiger partial charge in [-0.15, -0.1) is 0 Å². The average molecular weight is 200 g/mol. The maximum atomic E-state index is 2.44. The van der Waals surface area contributed by atoms with Crippen LogP contribution in [0.1, 0.15) is 39.2 Å². The van der Waals surface area contributed by atoms with Gasteiger partial charge in [0, 0.05) is 0 Å². The average Bonchev–Trinajstić information content (AvgIpc) is 2.97. The summed E-state index contributed by atoms with van der Waals surface area (Å²) in [6.07, 6.45) is 5.19. The Morgan fingerprint density at radius 2 is 1.73 bits per heavy atom. The molecule has 1 aliphatic carbocycles. The molecule has 1 aromatic carbocycles. The van der Waals surface area contributed by atoms with E-state index in [2.05, 4.69) is 57.2 Å². The molecular weight excluding hydrogens is 180 g/mol. The van der Waals surface area contributed by atoms with Crippen molar-refractivity contribution in [2.24, 2.45) is 11.3 Å². The van der Waals surface area contributed by atoms with Gasteiger partial charge in [-0.3, -0.25) is 0 Å². The van der Waals surface area contributed by atoms with Gasteiger partial charge in [0.1, 0.15) is 0 Å². The first-order valence-corrected chi connectivity index (χ1v) is 5.84. The van der Waals surface area contributed by atoms with Crippen LogP contribution in [0.25, 0.3) is 5.57 Å². The van der Waals surface area contributed by atoms with Crippen molar-refractivity contribution in [3.05, 3.63) is 42.0 Å². The number of allylic oxidation sites excluding steroid dienone is 2. The molecule has 0 unspecified atom stereocenters. The fourth-order valence-electron chi connectivity index (χ4n) is 1.93. The Kier molecular flexibility index (Phi) is 2.68. The van der Waals surface area contributed by atoms with Crippen molar-refractivity contribution in [1.82, 2.24) is 0 Å². The molecule has 0 heteroatoms. The smallest absolute Gasteiger partial charge is 0.0159 e. The van der Waals surface area contributed by atoms with Crippen LogP contribution < -0.4 is 0 Å². The van der Waals surface area contributed by atoms with E-state index in [0.717, 1.165) is 5.92 Å². The molecule has 1 aromatic rings. The van der Waals surface area contributed by atoms with Gasteiger partial charge in [0.25, 0.3) is 0 Å². The van der Waals surface area contributed by atoms with Crippen LogP contribution in [0, 0.1) is 11.3 Å². The highest BCUT2D eigenvalue weighted by Gasteiger charge is 2.27. The summed E-state index contributed by atoms with van der Waals surface area (Å²) in [7, 11) is 0. The summed E-state index contributed by atoms with van der Waals surface area (Å²) in [5, 5.41) is 0. The van der Waals surface area contributed by atoms with E-state index in [-0.39, 0.29) is 5.41 Å². The van der Waals surface area contributed by atoms with E-state index in [9.17, 15) is 0 Å². The quantitative estimate of drug-likeness (QED) is 0.658. The fourth-order valence-corrected chi connectivity index (χ4v) is 1.93. The second-order valence-electron chi connectivity index (χ2n) is 5.61. The highest BCUT2D eigenvalue weighted by Crippen LogP contribution is 2.43. The Balaban J connectivity index is 2.32. The van der Waals surface area contributed by atoms with Crippen molar-refractivity contribution >= 4 is 5.57 Å². The van der Waals surface area contributed by atoms with E-state index < -0.39 is 0 Å². The second kappa shape index (κ2) is 3.84. The van der Waals surface area contributed by atoms with Crippen LogP contribution in [0.2, 0.25) is 0 Å². The highest BCUT2D eigenvalue weighted by molar-refractivity contribution is 5.69. The summed E-state index contributed by atoms with van der Waals surface area (Å²) in [5.74, 6) is 0.826. The van der Waals surface area contributed by atoms with Crippen molar-refractivity contribution in [2.75, 3.05) is 0 Å². The predicted octanol–water partition coefficient (Wildman–Crippen LogP) is 4.53. The molecule has 0 aromatic heterocycles. The van der Waals surface area contributed by atoms with E-state index >= 15 is 0 Å². The molecule has 15 heavy (non-hydrogen) atoms. The summed E-state index contributed by atoms with van der Waals surface area (Å²) in [4.78, 5) is 0. The van der Waals surface area contributed by atoms with Crippen LogP contribution in [-0.4, -0.2) is 0 Å². The van der Waals surface area contributed by atoms with Crippen molar-refractivity contribution in [1.29, 1.82) is 0 Å². The van der Waals surface area contributed by atoms with Gasteiger partial charge < -0.3 is 0 Å². The molecule has 0 bridgehead atoms. The number of benzene rings is 1. The minimum Gasteiger partial charge on any atom is -0.0750 e. The molecule has 1 fully saturated rings. The molecule has 0 heterocycles. The summed E-state index contributed by atoms with van der Waals surface area (Å²) in [6.45, 7) is 6.83. The minimum absolute atomic E-state index is 0.285. The third-order valence-electron chi connectivity index (χ3n) is 2.71. The topological polar surface area (TPSA) is 0 Å². The number of hydrogen-bond acceptors (Lipinski definition) is 0. The monoisotopic (exact) mass is 200 g/mol. The second-order valence-corrected chi connectivity index (χ2v) is 5.61. The minimum atomic E-state index is 0.285. The lowest BCUT2D eigenvalue weighted by Gasteiger charge is -2.16. The molecule has 1 aliphatic rings. The summed E-state index contributed by atoms with van der Waals surface area (Å²) >= 11 is 0. The van der Waals surface area contributed by atoms with Crippen molar-refractivity contribution in [2.45, 2.75) is 33.6 Å². The fraction of sp³-hybridized carbons (Fsp3) is 0.467. The van der Waals surface area contributed by atoms with Crippen molar-refractivity contribution in [3.8, 4) is 0 Å². The molecule has 0 spiro atoms. The Labute approximate surface area is 93.0 Å². The normalized spacial score (nSPS) is 17.9. The Hall–Kier alpha value is -1.04. The van der Waals surface area contributed by atoms with E-state index in [4.69, 9.17) is 0 Å². The van der Waals surface area contributed by atoms with Gasteiger partial charge in [-0.25, -0.2) is 0 Å². The van der Waals surface area contributed by atoms with Crippen LogP contribution >= 0.6 is 0 Å². The SMILES string of the molecule is CC(C)(C)/C=C(/c1ccccc1)C1CC1. The van der Waals surface area contributed by atoms with Gasteiger partial charge in [0.15, 0.2) is 0 Å². The Morgan fingerprint density at radius 3 is 2.20 bits per heavy atom. The molecule has 1 saturated carbocycles. The first kappa shape index (κ1) is 10.5. The van der Waals surface area contributed by atoms with Gasteiger partial charge in [0.2, 0.25) is 0 Å². The van der Waals surface area contributed by atoms with E-state index in [1.54, 1.807) is 5.57 Å². The zero-order valence-corrected chi connectivity index (χ0v) is 9.96. The van der Waals surface area contributed by atoms with E-state index in [1.165, 1.54) is 18.4 Å². The molecule has 0 aliphatic heterocycles. The number of rotatable bonds is 2. The van der Waals surface area contributed by atoms with Crippen LogP contribution in [0.4, 0.5) is 0 Å². The predicted molar refractivity (Wildman–Crippen MR) is 66.6 cm³/mol. The number of hydrogen-bond donors (Lipinski definition) is 0. The highest BCUT2D eigenvalue weighted by atomic mass is 14.3. The third-order valence-corrected chi connectivity index (χ3v) is 2.71. The Morgan fingerprint density at radius 1 is 1.13 bits per heavy atom. The first-order valence-electron chi connectivity index (χ1n) is 5.84. The van der Waals surface area contributed by atoms with E-state index in [0.29, 0.717) is 0 Å². The maximum Gasteiger partial charge on any atom is -0.0159 e. The lowest BCUT2D eigenvalue weighted by Crippen LogP contribution is -2.02. The van der Waals surface area contributed by atoms with Gasteiger partial charge in [-0.1, -0.05) is 57.2 Å². The lowest BCUT2D eigenvalue weighted by molar-refractivity contribution is 0.544. The Bertz CT molecular complexity index is 347. The largest absolute Gasteiger partial charge is 0.0750 e. The maximum absolute atomic E-state index is 2.44. The van der Waals surface area contributed by atoms with Crippen LogP contribution in [-0.2, 0) is 0 Å². The lowest BCUT2D eigenvalue weighted by atomic mass is 9.89. The molecule has 0 N–H and O–H groups in total. The van der Waals surface area contributed by atoms with Crippen LogP contribution in [0.15, 0.2) is 36.4 Å². The van der Waals surface area contributed by atoms with Crippen molar-refractivity contribution in [3.63, 3.8) is 0 Å². The first-order chi connectivity index (χ1) is 7.06. The van der Waals surface area contributed by atoms with Gasteiger partial charge in [-0.2, -0.15) is 0 Å². The molecule has 0 saturated heterocycles. The van der Waals surface area contributed by atoms with E-state index in [1.807, 2.05) is 0 Å². The van der Waals surface area contributed by atoms with Gasteiger partial charge in [-0.05, 0) is 35.3 Å². The standard InChI is InChI=1S/C15H20/c1-15(2,3)11-14(13-9-10-13)12-7-5-4-6-8-12/h4-8,11,13H,9-10H2,1-3H3/b14-11-. The molecule has 80 valence electrons. The molecular formula is C15H20. The molecule has 0 radical (unpaired) electrons. The molecule has 0 atom stereocenters. The summed E-state index contributed by atoms with van der Waals surface area (Å²) < 4.78 is 0. The zero-order chi connectivity index (χ0) is 10.9. The van der Waals surface area contributed by atoms with Crippen molar-refractivity contribution < 1.29 is 0 Å². The molecule has 0 amide bonds.